The maximum atomic E-state index is 12.5. The van der Waals surface area contributed by atoms with Gasteiger partial charge in [-0.05, 0) is 68.8 Å². The lowest BCUT2D eigenvalue weighted by Gasteiger charge is -2.14. The summed E-state index contributed by atoms with van der Waals surface area (Å²) < 4.78 is 5.88. The summed E-state index contributed by atoms with van der Waals surface area (Å²) in [6, 6.07) is 22.1. The lowest BCUT2D eigenvalue weighted by atomic mass is 10.1. The highest BCUT2D eigenvalue weighted by molar-refractivity contribution is 5.96. The van der Waals surface area contributed by atoms with E-state index in [4.69, 9.17) is 4.74 Å². The van der Waals surface area contributed by atoms with Crippen LogP contribution in [0.3, 0.4) is 0 Å². The van der Waals surface area contributed by atoms with Crippen LogP contribution in [0.2, 0.25) is 0 Å². The van der Waals surface area contributed by atoms with Gasteiger partial charge in [-0.2, -0.15) is 0 Å². The molecular weight excluding hydrogens is 390 g/mol. The van der Waals surface area contributed by atoms with Gasteiger partial charge in [0.05, 0.1) is 12.2 Å². The summed E-state index contributed by atoms with van der Waals surface area (Å²) in [5.41, 5.74) is 2.87. The van der Waals surface area contributed by atoms with Gasteiger partial charge < -0.3 is 20.7 Å². The van der Waals surface area contributed by atoms with Crippen molar-refractivity contribution in [2.45, 2.75) is 26.8 Å². The van der Waals surface area contributed by atoms with Gasteiger partial charge in [-0.1, -0.05) is 30.3 Å². The molecule has 6 nitrogen and oxygen atoms in total. The minimum atomic E-state index is -0.204. The fraction of sp³-hybridized carbons (Fsp3) is 0.200. The highest BCUT2D eigenvalue weighted by atomic mass is 16.5. The van der Waals surface area contributed by atoms with Crippen molar-refractivity contribution in [2.75, 3.05) is 17.2 Å². The summed E-state index contributed by atoms with van der Waals surface area (Å²) in [4.78, 5) is 24.6. The van der Waals surface area contributed by atoms with Gasteiger partial charge in [-0.25, -0.2) is 0 Å². The molecule has 160 valence electrons. The summed E-state index contributed by atoms with van der Waals surface area (Å²) in [6.07, 6.45) is 0. The predicted molar refractivity (Wildman–Crippen MR) is 124 cm³/mol. The zero-order valence-electron chi connectivity index (χ0n) is 17.9. The average molecular weight is 418 g/mol. The van der Waals surface area contributed by atoms with E-state index >= 15 is 0 Å². The van der Waals surface area contributed by atoms with Gasteiger partial charge >= 0.3 is 0 Å². The second-order valence-corrected chi connectivity index (χ2v) is 7.47. The van der Waals surface area contributed by atoms with E-state index in [-0.39, 0.29) is 24.4 Å². The molecular formula is C25H27N3O3. The predicted octanol–water partition coefficient (Wildman–Crippen LogP) is 4.98. The van der Waals surface area contributed by atoms with Crippen LogP contribution in [0.25, 0.3) is 0 Å². The van der Waals surface area contributed by atoms with Crippen molar-refractivity contribution in [1.82, 2.24) is 5.32 Å². The van der Waals surface area contributed by atoms with E-state index in [1.54, 1.807) is 24.3 Å². The third-order valence-corrected chi connectivity index (χ3v) is 4.48. The second kappa shape index (κ2) is 10.3. The van der Waals surface area contributed by atoms with Crippen molar-refractivity contribution in [1.29, 1.82) is 0 Å². The van der Waals surface area contributed by atoms with Gasteiger partial charge in [0.1, 0.15) is 5.75 Å². The Balaban J connectivity index is 1.60. The second-order valence-electron chi connectivity index (χ2n) is 7.47. The number of carbonyl (C=O) groups is 2. The van der Waals surface area contributed by atoms with Crippen LogP contribution >= 0.6 is 0 Å². The lowest BCUT2D eigenvalue weighted by Crippen LogP contribution is -2.30. The van der Waals surface area contributed by atoms with Crippen LogP contribution in [-0.2, 0) is 4.79 Å². The molecule has 3 aromatic rings. The van der Waals surface area contributed by atoms with Crippen LogP contribution in [0.5, 0.6) is 11.5 Å². The fourth-order valence-corrected chi connectivity index (χ4v) is 2.99. The molecule has 0 aliphatic carbocycles. The van der Waals surface area contributed by atoms with Crippen LogP contribution in [0.15, 0.2) is 72.8 Å². The molecule has 0 heterocycles. The zero-order chi connectivity index (χ0) is 22.2. The quantitative estimate of drug-likeness (QED) is 0.483. The lowest BCUT2D eigenvalue weighted by molar-refractivity contribution is -0.114. The molecule has 0 bridgehead atoms. The summed E-state index contributed by atoms with van der Waals surface area (Å²) in [5.74, 6) is 0.945. The zero-order valence-corrected chi connectivity index (χ0v) is 17.9. The molecule has 0 unspecified atom stereocenters. The SMILES string of the molecule is Cc1cc(C(=O)NC(C)C)ccc1NCC(=O)Nc1ccccc1Oc1ccccc1. The molecule has 0 atom stereocenters. The van der Waals surface area contributed by atoms with Gasteiger partial charge in [-0.3, -0.25) is 9.59 Å². The van der Waals surface area contributed by atoms with Gasteiger partial charge in [0.25, 0.3) is 5.91 Å². The number of amides is 2. The van der Waals surface area contributed by atoms with Crippen molar-refractivity contribution < 1.29 is 14.3 Å². The van der Waals surface area contributed by atoms with E-state index in [1.807, 2.05) is 69.3 Å². The summed E-state index contributed by atoms with van der Waals surface area (Å²) in [7, 11) is 0. The monoisotopic (exact) mass is 417 g/mol. The number of ether oxygens (including phenoxy) is 1. The van der Waals surface area contributed by atoms with Crippen molar-refractivity contribution in [3.05, 3.63) is 83.9 Å². The number of nitrogens with one attached hydrogen (secondary N) is 3. The molecule has 3 rings (SSSR count). The topological polar surface area (TPSA) is 79.5 Å². The van der Waals surface area contributed by atoms with E-state index < -0.39 is 0 Å². The molecule has 3 N–H and O–H groups in total. The highest BCUT2D eigenvalue weighted by Gasteiger charge is 2.11. The van der Waals surface area contributed by atoms with Crippen molar-refractivity contribution in [3.63, 3.8) is 0 Å². The first-order chi connectivity index (χ1) is 14.9. The molecule has 0 aromatic heterocycles. The normalized spacial score (nSPS) is 10.5. The van der Waals surface area contributed by atoms with Gasteiger partial charge in [0.2, 0.25) is 5.91 Å². The number of hydrogen-bond donors (Lipinski definition) is 3. The Hall–Kier alpha value is -3.80. The molecule has 31 heavy (non-hydrogen) atoms. The van der Waals surface area contributed by atoms with Crippen molar-refractivity contribution in [2.24, 2.45) is 0 Å². The minimum absolute atomic E-state index is 0.0723. The first kappa shape index (κ1) is 21.9. The molecule has 0 fully saturated rings. The summed E-state index contributed by atoms with van der Waals surface area (Å²) >= 11 is 0. The molecule has 2 amide bonds. The molecule has 3 aromatic carbocycles. The van der Waals surface area contributed by atoms with Crippen LogP contribution in [0.1, 0.15) is 29.8 Å². The van der Waals surface area contributed by atoms with E-state index in [9.17, 15) is 9.59 Å². The number of anilines is 2. The Labute approximate surface area is 182 Å². The minimum Gasteiger partial charge on any atom is -0.455 e. The summed E-state index contributed by atoms with van der Waals surface area (Å²) in [5, 5.41) is 8.88. The Morgan fingerprint density at radius 3 is 2.32 bits per heavy atom. The molecule has 0 aliphatic rings. The first-order valence-electron chi connectivity index (χ1n) is 10.2. The maximum absolute atomic E-state index is 12.5. The number of aryl methyl sites for hydroxylation is 1. The van der Waals surface area contributed by atoms with Gasteiger partial charge in [0.15, 0.2) is 5.75 Å². The average Bonchev–Trinajstić information content (AvgIpc) is 2.74. The van der Waals surface area contributed by atoms with Gasteiger partial charge in [-0.15, -0.1) is 0 Å². The maximum Gasteiger partial charge on any atom is 0.251 e. The highest BCUT2D eigenvalue weighted by Crippen LogP contribution is 2.29. The number of carbonyl (C=O) groups excluding carboxylic acids is 2. The van der Waals surface area contributed by atoms with E-state index in [1.165, 1.54) is 0 Å². The molecule has 6 heteroatoms. The molecule has 0 radical (unpaired) electrons. The number of hydrogen-bond acceptors (Lipinski definition) is 4. The number of benzene rings is 3. The van der Waals surface area contributed by atoms with Gasteiger partial charge in [0, 0.05) is 17.3 Å². The molecule has 0 saturated carbocycles. The van der Waals surface area contributed by atoms with Crippen LogP contribution in [-0.4, -0.2) is 24.4 Å². The van der Waals surface area contributed by atoms with E-state index in [2.05, 4.69) is 16.0 Å². The first-order valence-corrected chi connectivity index (χ1v) is 10.2. The largest absolute Gasteiger partial charge is 0.455 e. The Kier molecular flexibility index (Phi) is 7.27. The van der Waals surface area contributed by atoms with Crippen LogP contribution < -0.4 is 20.7 Å². The Morgan fingerprint density at radius 1 is 0.903 bits per heavy atom. The standard InChI is InChI=1S/C25H27N3O3/c1-17(2)27-25(30)19-13-14-21(18(3)15-19)26-16-24(29)28-22-11-7-8-12-23(22)31-20-9-5-4-6-10-20/h4-15,17,26H,16H2,1-3H3,(H,27,30)(H,28,29). The van der Waals surface area contributed by atoms with Crippen LogP contribution in [0, 0.1) is 6.92 Å². The van der Waals surface area contributed by atoms with Crippen LogP contribution in [0.4, 0.5) is 11.4 Å². The number of rotatable bonds is 8. The smallest absolute Gasteiger partial charge is 0.251 e. The molecule has 0 aliphatic heterocycles. The van der Waals surface area contributed by atoms with E-state index in [0.717, 1.165) is 11.3 Å². The third kappa shape index (κ3) is 6.34. The van der Waals surface area contributed by atoms with Crippen molar-refractivity contribution >= 4 is 23.2 Å². The molecule has 0 spiro atoms. The Morgan fingerprint density at radius 2 is 1.61 bits per heavy atom. The van der Waals surface area contributed by atoms with Crippen molar-refractivity contribution in [3.8, 4) is 11.5 Å². The fourth-order valence-electron chi connectivity index (χ4n) is 2.99. The Bertz CT molecular complexity index is 1050. The van der Waals surface area contributed by atoms with E-state index in [0.29, 0.717) is 22.7 Å². The summed E-state index contributed by atoms with van der Waals surface area (Å²) in [6.45, 7) is 5.82. The number of para-hydroxylation sites is 3. The molecule has 0 saturated heterocycles. The third-order valence-electron chi connectivity index (χ3n) is 4.48.